The fourth-order valence-electron chi connectivity index (χ4n) is 7.98. The van der Waals surface area contributed by atoms with Crippen molar-refractivity contribution in [3.8, 4) is 50.5 Å². The molecule has 0 bridgehead atoms. The van der Waals surface area contributed by atoms with Gasteiger partial charge in [0.05, 0.1) is 34.3 Å². The SMILES string of the molecule is CC1(C)c2ccccc2-c2cc3c(ccc4c5ccccc5n(-c5cncc(-c6cc(-c7cccnc7)cc(-c7cccnc7)n6)c5)c34)cc21. The van der Waals surface area contributed by atoms with Gasteiger partial charge in [-0.05, 0) is 87.8 Å². The molecule has 0 fully saturated rings. The van der Waals surface area contributed by atoms with E-state index in [2.05, 4.69) is 125 Å². The van der Waals surface area contributed by atoms with E-state index in [-0.39, 0.29) is 5.41 Å². The van der Waals surface area contributed by atoms with Crippen LogP contribution in [0.2, 0.25) is 0 Å². The van der Waals surface area contributed by atoms with Crippen molar-refractivity contribution >= 4 is 32.6 Å². The average molecular weight is 642 g/mol. The molecular formula is C45H31N5. The first-order valence-corrected chi connectivity index (χ1v) is 16.9. The maximum atomic E-state index is 5.16. The molecule has 50 heavy (non-hydrogen) atoms. The molecule has 236 valence electrons. The lowest BCUT2D eigenvalue weighted by molar-refractivity contribution is 0.661. The first-order valence-electron chi connectivity index (χ1n) is 16.9. The fraction of sp³-hybridized carbons (Fsp3) is 0.0667. The van der Waals surface area contributed by atoms with Crippen molar-refractivity contribution in [2.24, 2.45) is 0 Å². The van der Waals surface area contributed by atoms with E-state index in [1.165, 1.54) is 49.3 Å². The largest absolute Gasteiger partial charge is 0.307 e. The summed E-state index contributed by atoms with van der Waals surface area (Å²) in [4.78, 5) is 18.8. The summed E-state index contributed by atoms with van der Waals surface area (Å²) in [5, 5.41) is 4.90. The van der Waals surface area contributed by atoms with Crippen LogP contribution in [0.25, 0.3) is 83.0 Å². The minimum atomic E-state index is -0.0634. The van der Waals surface area contributed by atoms with Crippen molar-refractivity contribution in [2.45, 2.75) is 19.3 Å². The van der Waals surface area contributed by atoms with Crippen LogP contribution in [-0.4, -0.2) is 24.5 Å². The predicted octanol–water partition coefficient (Wildman–Crippen LogP) is 10.8. The van der Waals surface area contributed by atoms with Gasteiger partial charge in [0, 0.05) is 69.2 Å². The van der Waals surface area contributed by atoms with E-state index in [4.69, 9.17) is 9.97 Å². The molecule has 5 aromatic heterocycles. The Morgan fingerprint density at radius 1 is 0.500 bits per heavy atom. The molecule has 0 spiro atoms. The molecule has 0 N–H and O–H groups in total. The number of hydrogen-bond donors (Lipinski definition) is 0. The lowest BCUT2D eigenvalue weighted by atomic mass is 9.82. The highest BCUT2D eigenvalue weighted by molar-refractivity contribution is 6.19. The number of pyridine rings is 4. The Morgan fingerprint density at radius 2 is 1.24 bits per heavy atom. The van der Waals surface area contributed by atoms with Gasteiger partial charge in [-0.3, -0.25) is 15.0 Å². The van der Waals surface area contributed by atoms with Crippen LogP contribution < -0.4 is 0 Å². The molecule has 5 heterocycles. The number of rotatable bonds is 4. The maximum absolute atomic E-state index is 5.16. The van der Waals surface area contributed by atoms with E-state index in [1.54, 1.807) is 12.4 Å². The van der Waals surface area contributed by atoms with Crippen LogP contribution in [0.3, 0.4) is 0 Å². The van der Waals surface area contributed by atoms with Crippen LogP contribution in [0.15, 0.2) is 152 Å². The van der Waals surface area contributed by atoms with Gasteiger partial charge in [0.25, 0.3) is 0 Å². The Labute approximate surface area is 289 Å². The van der Waals surface area contributed by atoms with E-state index in [9.17, 15) is 0 Å². The second kappa shape index (κ2) is 10.8. The van der Waals surface area contributed by atoms with Gasteiger partial charge in [-0.2, -0.15) is 0 Å². The Balaban J connectivity index is 1.22. The van der Waals surface area contributed by atoms with Gasteiger partial charge >= 0.3 is 0 Å². The second-order valence-corrected chi connectivity index (χ2v) is 13.6. The summed E-state index contributed by atoms with van der Waals surface area (Å²) < 4.78 is 2.38. The highest BCUT2D eigenvalue weighted by atomic mass is 15.0. The van der Waals surface area contributed by atoms with Crippen molar-refractivity contribution in [2.75, 3.05) is 0 Å². The van der Waals surface area contributed by atoms with E-state index >= 15 is 0 Å². The number of benzene rings is 4. The average Bonchev–Trinajstić information content (AvgIpc) is 3.63. The molecule has 1 aliphatic rings. The van der Waals surface area contributed by atoms with Crippen LogP contribution in [-0.2, 0) is 5.41 Å². The predicted molar refractivity (Wildman–Crippen MR) is 203 cm³/mol. The Kier molecular flexibility index (Phi) is 6.15. The van der Waals surface area contributed by atoms with Crippen LogP contribution in [0, 0.1) is 0 Å². The molecule has 0 unspecified atom stereocenters. The van der Waals surface area contributed by atoms with Crippen molar-refractivity contribution in [1.29, 1.82) is 0 Å². The summed E-state index contributed by atoms with van der Waals surface area (Å²) in [6.07, 6.45) is 11.2. The van der Waals surface area contributed by atoms with Crippen molar-refractivity contribution < 1.29 is 0 Å². The van der Waals surface area contributed by atoms with E-state index < -0.39 is 0 Å². The number of aromatic nitrogens is 5. The van der Waals surface area contributed by atoms with Gasteiger partial charge in [-0.15, -0.1) is 0 Å². The first kappa shape index (κ1) is 28.5. The zero-order valence-corrected chi connectivity index (χ0v) is 27.7. The van der Waals surface area contributed by atoms with Gasteiger partial charge in [-0.1, -0.05) is 74.5 Å². The molecule has 1 aliphatic carbocycles. The number of fused-ring (bicyclic) bond motifs is 8. The van der Waals surface area contributed by atoms with Crippen LogP contribution in [0.5, 0.6) is 0 Å². The van der Waals surface area contributed by atoms with Gasteiger partial charge in [0.15, 0.2) is 0 Å². The lowest BCUT2D eigenvalue weighted by Gasteiger charge is -2.21. The second-order valence-electron chi connectivity index (χ2n) is 13.6. The molecule has 0 atom stereocenters. The number of nitrogens with zero attached hydrogens (tertiary/aromatic N) is 5. The summed E-state index contributed by atoms with van der Waals surface area (Å²) in [6.45, 7) is 4.68. The molecular weight excluding hydrogens is 611 g/mol. The van der Waals surface area contributed by atoms with E-state index in [1.807, 2.05) is 43.0 Å². The van der Waals surface area contributed by atoms with Gasteiger partial charge in [-0.25, -0.2) is 4.98 Å². The van der Waals surface area contributed by atoms with Crippen LogP contribution in [0.1, 0.15) is 25.0 Å². The third-order valence-corrected chi connectivity index (χ3v) is 10.4. The first-order chi connectivity index (χ1) is 24.5. The van der Waals surface area contributed by atoms with Crippen LogP contribution >= 0.6 is 0 Å². The van der Waals surface area contributed by atoms with Crippen molar-refractivity contribution in [3.63, 3.8) is 0 Å². The minimum absolute atomic E-state index is 0.0634. The van der Waals surface area contributed by atoms with Crippen LogP contribution in [0.4, 0.5) is 0 Å². The Bertz CT molecular complexity index is 2720. The van der Waals surface area contributed by atoms with E-state index in [0.717, 1.165) is 44.8 Å². The molecule has 9 aromatic rings. The standard InChI is InChI=1S/C45H31N5/c1-45(2)39-13-5-3-11-34(39)38-23-37-28(20-40(38)45)15-16-36-35-12-4-6-14-43(35)50(44(36)37)33-19-32(26-48-27-33)42-22-31(29-9-7-17-46-24-29)21-41(49-42)30-10-8-18-47-25-30/h3-27H,1-2H3. The van der Waals surface area contributed by atoms with E-state index in [0.29, 0.717) is 0 Å². The quantitative estimate of drug-likeness (QED) is 0.192. The molecule has 5 heteroatoms. The topological polar surface area (TPSA) is 56.5 Å². The minimum Gasteiger partial charge on any atom is -0.307 e. The van der Waals surface area contributed by atoms with Gasteiger partial charge in [0.2, 0.25) is 0 Å². The van der Waals surface area contributed by atoms with Gasteiger partial charge < -0.3 is 4.57 Å². The molecule has 0 aliphatic heterocycles. The summed E-state index contributed by atoms with van der Waals surface area (Å²) >= 11 is 0. The zero-order valence-electron chi connectivity index (χ0n) is 27.7. The summed E-state index contributed by atoms with van der Waals surface area (Å²) in [5.41, 5.74) is 14.3. The van der Waals surface area contributed by atoms with Crippen molar-refractivity contribution in [1.82, 2.24) is 24.5 Å². The molecule has 10 rings (SSSR count). The normalized spacial score (nSPS) is 13.2. The van der Waals surface area contributed by atoms with Gasteiger partial charge in [0.1, 0.15) is 0 Å². The summed E-state index contributed by atoms with van der Waals surface area (Å²) in [7, 11) is 0. The molecule has 4 aromatic carbocycles. The maximum Gasteiger partial charge on any atom is 0.0731 e. The highest BCUT2D eigenvalue weighted by Crippen LogP contribution is 2.51. The van der Waals surface area contributed by atoms with Crippen molar-refractivity contribution in [3.05, 3.63) is 164 Å². The Hall–Kier alpha value is -6.46. The Morgan fingerprint density at radius 3 is 2.06 bits per heavy atom. The lowest BCUT2D eigenvalue weighted by Crippen LogP contribution is -2.14. The highest BCUT2D eigenvalue weighted by Gasteiger charge is 2.35. The monoisotopic (exact) mass is 641 g/mol. The number of para-hydroxylation sites is 1. The fourth-order valence-corrected chi connectivity index (χ4v) is 7.98. The zero-order chi connectivity index (χ0) is 33.4. The smallest absolute Gasteiger partial charge is 0.0731 e. The summed E-state index contributed by atoms with van der Waals surface area (Å²) in [6, 6.07) is 41.4. The third-order valence-electron chi connectivity index (χ3n) is 10.4. The number of hydrogen-bond acceptors (Lipinski definition) is 4. The molecule has 0 radical (unpaired) electrons. The third kappa shape index (κ3) is 4.26. The molecule has 0 saturated heterocycles. The summed E-state index contributed by atoms with van der Waals surface area (Å²) in [5.74, 6) is 0. The molecule has 5 nitrogen and oxygen atoms in total. The molecule has 0 saturated carbocycles. The molecule has 0 amide bonds.